The fraction of sp³-hybridized carbons (Fsp3) is 0.0909. The maximum absolute atomic E-state index is 13.2. The topological polar surface area (TPSA) is 65.9 Å². The zero-order valence-corrected chi connectivity index (χ0v) is 15.7. The highest BCUT2D eigenvalue weighted by molar-refractivity contribution is 8.07. The number of aromatic amines is 1. The molecular formula is C22H16N2O2S. The van der Waals surface area contributed by atoms with E-state index >= 15 is 0 Å². The molecule has 0 amide bonds. The number of ether oxygens (including phenoxy) is 1. The van der Waals surface area contributed by atoms with E-state index in [1.165, 1.54) is 11.8 Å². The summed E-state index contributed by atoms with van der Waals surface area (Å²) < 4.78 is 5.95. The predicted octanol–water partition coefficient (Wildman–Crippen LogP) is 5.55. The summed E-state index contributed by atoms with van der Waals surface area (Å²) >= 11 is 1.32. The van der Waals surface area contributed by atoms with Gasteiger partial charge in [-0.05, 0) is 19.9 Å². The number of allylic oxidation sites excluding steroid dienone is 2. The monoisotopic (exact) mass is 372 g/mol. The van der Waals surface area contributed by atoms with Gasteiger partial charge in [-0.2, -0.15) is 5.26 Å². The molecule has 0 bridgehead atoms. The second-order valence-electron chi connectivity index (χ2n) is 6.23. The van der Waals surface area contributed by atoms with Gasteiger partial charge >= 0.3 is 0 Å². The van der Waals surface area contributed by atoms with E-state index in [-0.39, 0.29) is 11.4 Å². The molecule has 0 aliphatic carbocycles. The number of rotatable bonds is 3. The van der Waals surface area contributed by atoms with Crippen LogP contribution in [0.15, 0.2) is 70.2 Å². The lowest BCUT2D eigenvalue weighted by Gasteiger charge is -2.06. The van der Waals surface area contributed by atoms with Crippen molar-refractivity contribution < 1.29 is 9.53 Å². The van der Waals surface area contributed by atoms with Crippen LogP contribution in [0.4, 0.5) is 0 Å². The summed E-state index contributed by atoms with van der Waals surface area (Å²) in [5.74, 6) is 0.365. The Morgan fingerprint density at radius 1 is 1.07 bits per heavy atom. The number of nitrogens with zero attached hydrogens (tertiary/aromatic N) is 1. The Hall–Kier alpha value is -3.23. The largest absolute Gasteiger partial charge is 0.447 e. The number of H-pyrrole nitrogens is 1. The molecule has 1 aliphatic heterocycles. The van der Waals surface area contributed by atoms with E-state index < -0.39 is 0 Å². The normalized spacial score (nSPS) is 15.6. The number of aromatic nitrogens is 1. The second-order valence-corrected chi connectivity index (χ2v) is 7.42. The number of ketones is 1. The van der Waals surface area contributed by atoms with Crippen molar-refractivity contribution in [2.45, 2.75) is 13.8 Å². The summed E-state index contributed by atoms with van der Waals surface area (Å²) in [7, 11) is 0. The van der Waals surface area contributed by atoms with Crippen LogP contribution in [0.25, 0.3) is 16.7 Å². The molecular weight excluding hydrogens is 356 g/mol. The van der Waals surface area contributed by atoms with Gasteiger partial charge in [-0.25, -0.2) is 0 Å². The summed E-state index contributed by atoms with van der Waals surface area (Å²) in [6.45, 7) is 3.77. The summed E-state index contributed by atoms with van der Waals surface area (Å²) in [5.41, 5.74) is 3.08. The van der Waals surface area contributed by atoms with Gasteiger partial charge in [0.2, 0.25) is 5.78 Å². The van der Waals surface area contributed by atoms with Crippen LogP contribution >= 0.6 is 11.8 Å². The molecule has 1 N–H and O–H groups in total. The van der Waals surface area contributed by atoms with Gasteiger partial charge in [0.25, 0.3) is 0 Å². The molecule has 2 aromatic carbocycles. The molecule has 132 valence electrons. The number of benzene rings is 2. The molecule has 2 heterocycles. The lowest BCUT2D eigenvalue weighted by atomic mass is 10.0. The molecule has 4 rings (SSSR count). The van der Waals surface area contributed by atoms with E-state index in [1.807, 2.05) is 68.4 Å². The fourth-order valence-corrected chi connectivity index (χ4v) is 4.10. The first-order valence-electron chi connectivity index (χ1n) is 8.48. The zero-order chi connectivity index (χ0) is 19.0. The average molecular weight is 372 g/mol. The molecule has 27 heavy (non-hydrogen) atoms. The quantitative estimate of drug-likeness (QED) is 0.372. The number of thioether (sulfide) groups is 1. The van der Waals surface area contributed by atoms with Crippen molar-refractivity contribution in [2.24, 2.45) is 0 Å². The van der Waals surface area contributed by atoms with Crippen molar-refractivity contribution in [1.82, 2.24) is 4.98 Å². The molecule has 0 unspecified atom stereocenters. The third kappa shape index (κ3) is 2.94. The molecule has 0 atom stereocenters. The van der Waals surface area contributed by atoms with Gasteiger partial charge in [0.1, 0.15) is 17.4 Å². The first kappa shape index (κ1) is 17.2. The van der Waals surface area contributed by atoms with Crippen LogP contribution in [-0.2, 0) is 4.74 Å². The average Bonchev–Trinajstić information content (AvgIpc) is 3.22. The van der Waals surface area contributed by atoms with Crippen LogP contribution in [0, 0.1) is 18.3 Å². The van der Waals surface area contributed by atoms with Crippen LogP contribution in [-0.4, -0.2) is 10.8 Å². The zero-order valence-electron chi connectivity index (χ0n) is 14.9. The van der Waals surface area contributed by atoms with Gasteiger partial charge in [-0.15, -0.1) is 0 Å². The van der Waals surface area contributed by atoms with Crippen LogP contribution in [0.5, 0.6) is 0 Å². The third-order valence-corrected chi connectivity index (χ3v) is 5.42. The number of nitrogens with one attached hydrogen (secondary N) is 1. The standard InChI is InChI=1S/C22H16N2O2S/c1-13-19(16-10-6-7-11-18(16)24-13)20(25)17(12-23)22-26-21(14(2)27-22)15-8-4-3-5-9-15/h3-11,24H,1-2H3/b22-17-. The molecule has 1 aliphatic rings. The molecule has 1 aromatic heterocycles. The number of carbonyl (C=O) groups excluding carboxylic acids is 1. The number of para-hydroxylation sites is 1. The fourth-order valence-electron chi connectivity index (χ4n) is 3.21. The third-order valence-electron chi connectivity index (χ3n) is 4.46. The van der Waals surface area contributed by atoms with Crippen molar-refractivity contribution >= 4 is 34.2 Å². The summed E-state index contributed by atoms with van der Waals surface area (Å²) in [6, 6.07) is 19.3. The van der Waals surface area contributed by atoms with Crippen LogP contribution < -0.4 is 0 Å². The number of hydrogen-bond donors (Lipinski definition) is 1. The van der Waals surface area contributed by atoms with Crippen LogP contribution in [0.2, 0.25) is 0 Å². The van der Waals surface area contributed by atoms with Crippen LogP contribution in [0.3, 0.4) is 0 Å². The van der Waals surface area contributed by atoms with Gasteiger partial charge in [0, 0.05) is 27.1 Å². The van der Waals surface area contributed by atoms with E-state index in [9.17, 15) is 10.1 Å². The van der Waals surface area contributed by atoms with E-state index in [1.54, 1.807) is 0 Å². The van der Waals surface area contributed by atoms with Gasteiger partial charge in [0.05, 0.1) is 5.56 Å². The number of fused-ring (bicyclic) bond motifs is 1. The Morgan fingerprint density at radius 2 is 1.78 bits per heavy atom. The van der Waals surface area contributed by atoms with Crippen molar-refractivity contribution in [1.29, 1.82) is 5.26 Å². The van der Waals surface area contributed by atoms with E-state index in [0.717, 1.165) is 27.1 Å². The molecule has 0 saturated heterocycles. The number of aryl methyl sites for hydroxylation is 1. The Labute approximate surface area is 161 Å². The maximum Gasteiger partial charge on any atom is 0.210 e. The summed E-state index contributed by atoms with van der Waals surface area (Å²) in [5, 5.41) is 10.9. The first-order chi connectivity index (χ1) is 13.1. The molecule has 0 radical (unpaired) electrons. The van der Waals surface area contributed by atoms with E-state index in [2.05, 4.69) is 11.1 Å². The van der Waals surface area contributed by atoms with Crippen molar-refractivity contribution in [2.75, 3.05) is 0 Å². The van der Waals surface area contributed by atoms with Crippen molar-refractivity contribution in [3.05, 3.63) is 87.0 Å². The maximum atomic E-state index is 13.2. The number of hydrogen-bond acceptors (Lipinski definition) is 4. The number of Topliss-reactive ketones (excluding diaryl/α,β-unsaturated/α-hetero) is 1. The molecule has 0 fully saturated rings. The molecule has 0 saturated carbocycles. The molecule has 0 spiro atoms. The first-order valence-corrected chi connectivity index (χ1v) is 9.30. The Bertz CT molecular complexity index is 1160. The SMILES string of the molecule is CC1=C(c2ccccc2)O/C(=C(\C#N)C(=O)c2c(C)[nH]c3ccccc23)S1. The van der Waals surface area contributed by atoms with Gasteiger partial charge in [-0.1, -0.05) is 60.3 Å². The number of carbonyl (C=O) groups is 1. The van der Waals surface area contributed by atoms with Crippen molar-refractivity contribution in [3.8, 4) is 6.07 Å². The van der Waals surface area contributed by atoms with E-state index in [0.29, 0.717) is 16.4 Å². The Morgan fingerprint density at radius 3 is 2.52 bits per heavy atom. The van der Waals surface area contributed by atoms with Crippen molar-refractivity contribution in [3.63, 3.8) is 0 Å². The molecule has 3 aromatic rings. The van der Waals surface area contributed by atoms with Gasteiger partial charge in [-0.3, -0.25) is 4.79 Å². The highest BCUT2D eigenvalue weighted by Crippen LogP contribution is 2.44. The minimum Gasteiger partial charge on any atom is -0.447 e. The van der Waals surface area contributed by atoms with Crippen LogP contribution in [0.1, 0.15) is 28.5 Å². The lowest BCUT2D eigenvalue weighted by molar-refractivity contribution is 0.103. The van der Waals surface area contributed by atoms with Gasteiger partial charge < -0.3 is 9.72 Å². The highest BCUT2D eigenvalue weighted by atomic mass is 32.2. The minimum absolute atomic E-state index is 0.0261. The summed E-state index contributed by atoms with van der Waals surface area (Å²) in [6.07, 6.45) is 0. The Balaban J connectivity index is 1.76. The molecule has 5 heteroatoms. The van der Waals surface area contributed by atoms with E-state index in [4.69, 9.17) is 4.74 Å². The predicted molar refractivity (Wildman–Crippen MR) is 108 cm³/mol. The van der Waals surface area contributed by atoms with Gasteiger partial charge in [0.15, 0.2) is 5.09 Å². The number of nitriles is 1. The minimum atomic E-state index is -0.322. The highest BCUT2D eigenvalue weighted by Gasteiger charge is 2.29. The second kappa shape index (κ2) is 6.82. The molecule has 4 nitrogen and oxygen atoms in total. The lowest BCUT2D eigenvalue weighted by Crippen LogP contribution is -2.06. The summed E-state index contributed by atoms with van der Waals surface area (Å²) in [4.78, 5) is 17.3. The Kier molecular flexibility index (Phi) is 4.35. The smallest absolute Gasteiger partial charge is 0.210 e.